The van der Waals surface area contributed by atoms with Crippen LogP contribution >= 0.6 is 0 Å². The topological polar surface area (TPSA) is 75.7 Å². The van der Waals surface area contributed by atoms with Crippen molar-refractivity contribution >= 4 is 15.9 Å². The van der Waals surface area contributed by atoms with Gasteiger partial charge in [-0.25, -0.2) is 12.8 Å². The van der Waals surface area contributed by atoms with E-state index in [-0.39, 0.29) is 24.0 Å². The molecule has 0 aliphatic carbocycles. The molecule has 1 aliphatic heterocycles. The highest BCUT2D eigenvalue weighted by Crippen LogP contribution is 2.17. The molecule has 1 N–H and O–H groups in total. The quantitative estimate of drug-likeness (QED) is 0.798. The third kappa shape index (κ3) is 4.95. The van der Waals surface area contributed by atoms with Gasteiger partial charge in [-0.15, -0.1) is 0 Å². The maximum Gasteiger partial charge on any atom is 0.251 e. The monoisotopic (exact) mass is 406 g/mol. The van der Waals surface area contributed by atoms with Crippen molar-refractivity contribution < 1.29 is 22.3 Å². The van der Waals surface area contributed by atoms with Crippen LogP contribution in [0.3, 0.4) is 0 Å². The minimum absolute atomic E-state index is 0.130. The van der Waals surface area contributed by atoms with Crippen molar-refractivity contribution in [2.45, 2.75) is 19.2 Å². The number of aryl methyl sites for hydroxylation is 1. The predicted octanol–water partition coefficient (Wildman–Crippen LogP) is 2.23. The van der Waals surface area contributed by atoms with E-state index in [0.29, 0.717) is 43.0 Å². The molecule has 0 spiro atoms. The number of rotatable bonds is 6. The molecule has 0 atom stereocenters. The number of morpholine rings is 1. The first-order valence-electron chi connectivity index (χ1n) is 9.03. The largest absolute Gasteiger partial charge is 0.379 e. The van der Waals surface area contributed by atoms with Crippen LogP contribution in [0.2, 0.25) is 0 Å². The second kappa shape index (κ2) is 8.81. The van der Waals surface area contributed by atoms with Crippen molar-refractivity contribution in [1.82, 2.24) is 9.62 Å². The van der Waals surface area contributed by atoms with E-state index in [9.17, 15) is 17.6 Å². The zero-order valence-corrected chi connectivity index (χ0v) is 16.5. The van der Waals surface area contributed by atoms with Gasteiger partial charge in [-0.05, 0) is 41.8 Å². The van der Waals surface area contributed by atoms with E-state index in [2.05, 4.69) is 5.32 Å². The average Bonchev–Trinajstić information content (AvgIpc) is 2.69. The first-order chi connectivity index (χ1) is 13.4. The van der Waals surface area contributed by atoms with Crippen LogP contribution in [0.1, 0.15) is 27.0 Å². The van der Waals surface area contributed by atoms with Gasteiger partial charge in [-0.3, -0.25) is 4.79 Å². The summed E-state index contributed by atoms with van der Waals surface area (Å²) in [5.41, 5.74) is 2.12. The van der Waals surface area contributed by atoms with Gasteiger partial charge < -0.3 is 10.1 Å². The number of benzene rings is 2. The van der Waals surface area contributed by atoms with Crippen LogP contribution in [-0.4, -0.2) is 44.9 Å². The number of amides is 1. The van der Waals surface area contributed by atoms with Crippen LogP contribution in [-0.2, 0) is 27.1 Å². The van der Waals surface area contributed by atoms with Crippen LogP contribution in [0.25, 0.3) is 0 Å². The standard InChI is InChI=1S/C20H23FN2O4S/c1-15-12-16(6-7-19(15)21)20(24)22-13-17-4-2-3-5-18(17)14-28(25,26)23-8-10-27-11-9-23/h2-7,12H,8-11,13-14H2,1H3,(H,22,24). The van der Waals surface area contributed by atoms with Crippen molar-refractivity contribution in [3.63, 3.8) is 0 Å². The Kier molecular flexibility index (Phi) is 6.43. The Labute approximate surface area is 164 Å². The molecule has 28 heavy (non-hydrogen) atoms. The molecule has 0 unspecified atom stereocenters. The molecule has 1 saturated heterocycles. The predicted molar refractivity (Wildman–Crippen MR) is 104 cm³/mol. The SMILES string of the molecule is Cc1cc(C(=O)NCc2ccccc2CS(=O)(=O)N2CCOCC2)ccc1F. The number of hydrogen-bond donors (Lipinski definition) is 1. The molecule has 0 aromatic heterocycles. The minimum atomic E-state index is -3.46. The number of ether oxygens (including phenoxy) is 1. The van der Waals surface area contributed by atoms with Crippen LogP contribution in [0.15, 0.2) is 42.5 Å². The zero-order chi connectivity index (χ0) is 20.1. The van der Waals surface area contributed by atoms with Crippen LogP contribution < -0.4 is 5.32 Å². The molecule has 2 aromatic carbocycles. The Balaban J connectivity index is 1.70. The summed E-state index contributed by atoms with van der Waals surface area (Å²) >= 11 is 0. The molecule has 1 amide bonds. The van der Waals surface area contributed by atoms with Gasteiger partial charge in [0.15, 0.2) is 0 Å². The summed E-state index contributed by atoms with van der Waals surface area (Å²) in [6.07, 6.45) is 0. The molecule has 0 bridgehead atoms. The smallest absolute Gasteiger partial charge is 0.251 e. The lowest BCUT2D eigenvalue weighted by molar-refractivity contribution is 0.0729. The second-order valence-electron chi connectivity index (χ2n) is 6.68. The lowest BCUT2D eigenvalue weighted by atomic mass is 10.1. The van der Waals surface area contributed by atoms with Crippen molar-refractivity contribution in [1.29, 1.82) is 0 Å². The number of halogens is 1. The summed E-state index contributed by atoms with van der Waals surface area (Å²) in [4.78, 5) is 12.4. The lowest BCUT2D eigenvalue weighted by Gasteiger charge is -2.26. The fourth-order valence-corrected chi connectivity index (χ4v) is 4.61. The van der Waals surface area contributed by atoms with Gasteiger partial charge in [0, 0.05) is 25.2 Å². The summed E-state index contributed by atoms with van der Waals surface area (Å²) < 4.78 is 45.4. The first kappa shape index (κ1) is 20.4. The lowest BCUT2D eigenvalue weighted by Crippen LogP contribution is -2.41. The summed E-state index contributed by atoms with van der Waals surface area (Å²) in [5.74, 6) is -0.835. The van der Waals surface area contributed by atoms with Crippen molar-refractivity contribution in [2.24, 2.45) is 0 Å². The summed E-state index contributed by atoms with van der Waals surface area (Å²) in [5, 5.41) is 2.78. The number of carbonyl (C=O) groups excluding carboxylic acids is 1. The van der Waals surface area contributed by atoms with E-state index < -0.39 is 10.0 Å². The molecule has 1 fully saturated rings. The van der Waals surface area contributed by atoms with Crippen LogP contribution in [0, 0.1) is 12.7 Å². The highest BCUT2D eigenvalue weighted by molar-refractivity contribution is 7.88. The van der Waals surface area contributed by atoms with Crippen molar-refractivity contribution in [3.05, 3.63) is 70.5 Å². The Morgan fingerprint density at radius 2 is 1.82 bits per heavy atom. The summed E-state index contributed by atoms with van der Waals surface area (Å²) in [6.45, 7) is 3.28. The molecule has 1 aliphatic rings. The van der Waals surface area contributed by atoms with E-state index in [1.54, 1.807) is 31.2 Å². The molecular weight excluding hydrogens is 383 g/mol. The van der Waals surface area contributed by atoms with Gasteiger partial charge in [-0.1, -0.05) is 24.3 Å². The Morgan fingerprint density at radius 3 is 2.50 bits per heavy atom. The van der Waals surface area contributed by atoms with E-state index in [0.717, 1.165) is 5.56 Å². The number of nitrogens with one attached hydrogen (secondary N) is 1. The van der Waals surface area contributed by atoms with Gasteiger partial charge in [0.25, 0.3) is 5.91 Å². The van der Waals surface area contributed by atoms with Gasteiger partial charge in [0.1, 0.15) is 5.82 Å². The maximum atomic E-state index is 13.4. The zero-order valence-electron chi connectivity index (χ0n) is 15.7. The van der Waals surface area contributed by atoms with Gasteiger partial charge in [-0.2, -0.15) is 4.31 Å². The Hall–Kier alpha value is -2.29. The fourth-order valence-electron chi connectivity index (χ4n) is 3.05. The molecule has 1 heterocycles. The van der Waals surface area contributed by atoms with Gasteiger partial charge >= 0.3 is 0 Å². The van der Waals surface area contributed by atoms with Crippen molar-refractivity contribution in [2.75, 3.05) is 26.3 Å². The molecule has 6 nitrogen and oxygen atoms in total. The molecule has 8 heteroatoms. The molecule has 150 valence electrons. The maximum absolute atomic E-state index is 13.4. The van der Waals surface area contributed by atoms with Crippen LogP contribution in [0.4, 0.5) is 4.39 Å². The Bertz CT molecular complexity index is 956. The molecule has 2 aromatic rings. The third-order valence-electron chi connectivity index (χ3n) is 4.68. The number of carbonyl (C=O) groups is 1. The summed E-state index contributed by atoms with van der Waals surface area (Å²) in [7, 11) is -3.46. The highest BCUT2D eigenvalue weighted by atomic mass is 32.2. The third-order valence-corrected chi connectivity index (χ3v) is 6.51. The second-order valence-corrected chi connectivity index (χ2v) is 8.65. The van der Waals surface area contributed by atoms with Crippen molar-refractivity contribution in [3.8, 4) is 0 Å². The molecule has 3 rings (SSSR count). The average molecular weight is 406 g/mol. The van der Waals surface area contributed by atoms with Gasteiger partial charge in [0.05, 0.1) is 19.0 Å². The minimum Gasteiger partial charge on any atom is -0.379 e. The van der Waals surface area contributed by atoms with E-state index >= 15 is 0 Å². The first-order valence-corrected chi connectivity index (χ1v) is 10.6. The fraction of sp³-hybridized carbons (Fsp3) is 0.350. The number of nitrogens with zero attached hydrogens (tertiary/aromatic N) is 1. The van der Waals surface area contributed by atoms with E-state index in [1.807, 2.05) is 0 Å². The molecule has 0 radical (unpaired) electrons. The normalized spacial score (nSPS) is 15.4. The molecular formula is C20H23FN2O4S. The van der Waals surface area contributed by atoms with E-state index in [4.69, 9.17) is 4.74 Å². The van der Waals surface area contributed by atoms with E-state index in [1.165, 1.54) is 22.5 Å². The number of sulfonamides is 1. The summed E-state index contributed by atoms with van der Waals surface area (Å²) in [6, 6.07) is 11.3. The Morgan fingerprint density at radius 1 is 1.14 bits per heavy atom. The van der Waals surface area contributed by atoms with Crippen LogP contribution in [0.5, 0.6) is 0 Å². The molecule has 0 saturated carbocycles. The highest BCUT2D eigenvalue weighted by Gasteiger charge is 2.25. The van der Waals surface area contributed by atoms with Gasteiger partial charge in [0.2, 0.25) is 10.0 Å². The number of hydrogen-bond acceptors (Lipinski definition) is 4.